The van der Waals surface area contributed by atoms with E-state index < -0.39 is 23.6 Å². The monoisotopic (exact) mass is 508 g/mol. The molecule has 0 heterocycles. The normalized spacial score (nSPS) is 12.1. The van der Waals surface area contributed by atoms with Crippen LogP contribution in [0.5, 0.6) is 0 Å². The third kappa shape index (κ3) is 7.82. The molecule has 174 valence electrons. The Morgan fingerprint density at radius 2 is 1.88 bits per heavy atom. The SMILES string of the molecule is Cc1cc(Br)ccc1C(C)COC(=O)Nc1ccc(F)c(CN(C)C(=O)OC(C)(C)C)c1. The number of hydrogen-bond donors (Lipinski definition) is 1. The Balaban J connectivity index is 1.96. The Labute approximate surface area is 197 Å². The molecule has 2 rings (SSSR count). The smallest absolute Gasteiger partial charge is 0.411 e. The second-order valence-corrected chi connectivity index (χ2v) is 9.68. The Bertz CT molecular complexity index is 975. The standard InChI is InChI=1S/C24H30BrFN2O4/c1-15-11-18(25)7-9-20(15)16(2)14-31-22(29)27-19-8-10-21(26)17(12-19)13-28(6)23(30)32-24(3,4)5/h7-12,16H,13-14H2,1-6H3,(H,27,29). The minimum atomic E-state index is -0.650. The van der Waals surface area contributed by atoms with Crippen LogP contribution in [0, 0.1) is 12.7 Å². The number of anilines is 1. The number of carbonyl (C=O) groups is 2. The summed E-state index contributed by atoms with van der Waals surface area (Å²) in [5, 5.41) is 2.61. The van der Waals surface area contributed by atoms with Crippen molar-refractivity contribution in [3.05, 3.63) is 63.4 Å². The van der Waals surface area contributed by atoms with Gasteiger partial charge in [-0.2, -0.15) is 0 Å². The highest BCUT2D eigenvalue weighted by Crippen LogP contribution is 2.24. The van der Waals surface area contributed by atoms with Gasteiger partial charge in [-0.1, -0.05) is 28.9 Å². The number of ether oxygens (including phenoxy) is 2. The van der Waals surface area contributed by atoms with Crippen LogP contribution in [0.25, 0.3) is 0 Å². The first-order chi connectivity index (χ1) is 14.9. The summed E-state index contributed by atoms with van der Waals surface area (Å²) in [6, 6.07) is 10.1. The van der Waals surface area contributed by atoms with E-state index in [4.69, 9.17) is 9.47 Å². The van der Waals surface area contributed by atoms with E-state index in [1.54, 1.807) is 20.8 Å². The Morgan fingerprint density at radius 1 is 1.19 bits per heavy atom. The fraction of sp³-hybridized carbons (Fsp3) is 0.417. The van der Waals surface area contributed by atoms with Gasteiger partial charge in [-0.25, -0.2) is 14.0 Å². The first-order valence-corrected chi connectivity index (χ1v) is 11.1. The number of hydrogen-bond acceptors (Lipinski definition) is 4. The van der Waals surface area contributed by atoms with Crippen molar-refractivity contribution in [2.75, 3.05) is 19.0 Å². The molecule has 0 fully saturated rings. The van der Waals surface area contributed by atoms with Crippen LogP contribution in [0.4, 0.5) is 19.7 Å². The third-order valence-corrected chi connectivity index (χ3v) is 5.13. The zero-order valence-electron chi connectivity index (χ0n) is 19.3. The van der Waals surface area contributed by atoms with E-state index in [0.29, 0.717) is 5.69 Å². The lowest BCUT2D eigenvalue weighted by molar-refractivity contribution is 0.0283. The lowest BCUT2D eigenvalue weighted by atomic mass is 9.97. The number of rotatable bonds is 6. The first kappa shape index (κ1) is 25.6. The third-order valence-electron chi connectivity index (χ3n) is 4.63. The molecular weight excluding hydrogens is 479 g/mol. The van der Waals surface area contributed by atoms with Crippen LogP contribution in [0.1, 0.15) is 50.3 Å². The van der Waals surface area contributed by atoms with Crippen LogP contribution in [-0.4, -0.2) is 36.3 Å². The molecule has 0 saturated heterocycles. The molecule has 2 aromatic rings. The molecule has 0 aliphatic heterocycles. The van der Waals surface area contributed by atoms with Gasteiger partial charge in [-0.3, -0.25) is 5.32 Å². The molecule has 8 heteroatoms. The molecule has 0 aliphatic rings. The van der Waals surface area contributed by atoms with Gasteiger partial charge in [-0.05, 0) is 69.2 Å². The molecule has 0 aliphatic carbocycles. The molecule has 0 bridgehead atoms. The fourth-order valence-electron chi connectivity index (χ4n) is 3.07. The van der Waals surface area contributed by atoms with Crippen molar-refractivity contribution in [3.63, 3.8) is 0 Å². The van der Waals surface area contributed by atoms with Gasteiger partial charge in [0.05, 0.1) is 13.2 Å². The Morgan fingerprint density at radius 3 is 2.50 bits per heavy atom. The van der Waals surface area contributed by atoms with E-state index in [0.717, 1.165) is 15.6 Å². The first-order valence-electron chi connectivity index (χ1n) is 10.3. The maximum Gasteiger partial charge on any atom is 0.411 e. The van der Waals surface area contributed by atoms with Gasteiger partial charge in [0.15, 0.2) is 0 Å². The molecule has 2 aromatic carbocycles. The minimum absolute atomic E-state index is 0.00874. The van der Waals surface area contributed by atoms with E-state index in [1.807, 2.05) is 32.0 Å². The Hall–Kier alpha value is -2.61. The van der Waals surface area contributed by atoms with Crippen molar-refractivity contribution < 1.29 is 23.5 Å². The lowest BCUT2D eigenvalue weighted by Gasteiger charge is -2.25. The molecule has 0 saturated carbocycles. The van der Waals surface area contributed by atoms with Crippen molar-refractivity contribution in [2.45, 2.75) is 52.7 Å². The van der Waals surface area contributed by atoms with E-state index in [2.05, 4.69) is 21.2 Å². The fourth-order valence-corrected chi connectivity index (χ4v) is 3.55. The van der Waals surface area contributed by atoms with Gasteiger partial charge in [0, 0.05) is 28.7 Å². The summed E-state index contributed by atoms with van der Waals surface area (Å²) in [5.74, 6) is -0.473. The number of nitrogens with zero attached hydrogens (tertiary/aromatic N) is 1. The number of aryl methyl sites for hydroxylation is 1. The highest BCUT2D eigenvalue weighted by molar-refractivity contribution is 9.10. The van der Waals surface area contributed by atoms with E-state index in [9.17, 15) is 14.0 Å². The lowest BCUT2D eigenvalue weighted by Crippen LogP contribution is -2.34. The topological polar surface area (TPSA) is 67.9 Å². The quantitative estimate of drug-likeness (QED) is 0.476. The van der Waals surface area contributed by atoms with Gasteiger partial charge < -0.3 is 14.4 Å². The van der Waals surface area contributed by atoms with E-state index in [-0.39, 0.29) is 24.6 Å². The summed E-state index contributed by atoms with van der Waals surface area (Å²) in [5.41, 5.74) is 2.16. The van der Waals surface area contributed by atoms with Crippen molar-refractivity contribution >= 4 is 33.8 Å². The molecule has 1 unspecified atom stereocenters. The predicted octanol–water partition coefficient (Wildman–Crippen LogP) is 6.62. The summed E-state index contributed by atoms with van der Waals surface area (Å²) in [7, 11) is 1.52. The van der Waals surface area contributed by atoms with Crippen molar-refractivity contribution in [1.29, 1.82) is 0 Å². The van der Waals surface area contributed by atoms with Crippen molar-refractivity contribution in [3.8, 4) is 0 Å². The predicted molar refractivity (Wildman–Crippen MR) is 126 cm³/mol. The molecule has 1 N–H and O–H groups in total. The van der Waals surface area contributed by atoms with Crippen LogP contribution >= 0.6 is 15.9 Å². The van der Waals surface area contributed by atoms with Crippen molar-refractivity contribution in [1.82, 2.24) is 4.90 Å². The van der Waals surface area contributed by atoms with Crippen molar-refractivity contribution in [2.24, 2.45) is 0 Å². The molecule has 0 aromatic heterocycles. The average Bonchev–Trinajstić information content (AvgIpc) is 2.67. The molecule has 0 spiro atoms. The summed E-state index contributed by atoms with van der Waals surface area (Å²) in [4.78, 5) is 25.7. The summed E-state index contributed by atoms with van der Waals surface area (Å²) >= 11 is 3.44. The van der Waals surface area contributed by atoms with Gasteiger partial charge >= 0.3 is 12.2 Å². The largest absolute Gasteiger partial charge is 0.449 e. The highest BCUT2D eigenvalue weighted by Gasteiger charge is 2.21. The molecule has 0 radical (unpaired) electrons. The number of nitrogens with one attached hydrogen (secondary N) is 1. The zero-order chi connectivity index (χ0) is 24.1. The average molecular weight is 509 g/mol. The van der Waals surface area contributed by atoms with Gasteiger partial charge in [-0.15, -0.1) is 0 Å². The molecular formula is C24H30BrFN2O4. The molecule has 32 heavy (non-hydrogen) atoms. The number of halogens is 2. The van der Waals surface area contributed by atoms with Crippen LogP contribution < -0.4 is 5.32 Å². The summed E-state index contributed by atoms with van der Waals surface area (Å²) in [6.07, 6.45) is -1.20. The maximum atomic E-state index is 14.3. The zero-order valence-corrected chi connectivity index (χ0v) is 20.9. The van der Waals surface area contributed by atoms with Crippen LogP contribution in [0.3, 0.4) is 0 Å². The summed E-state index contributed by atoms with van der Waals surface area (Å²) < 4.78 is 25.9. The number of carbonyl (C=O) groups excluding carboxylic acids is 2. The molecule has 1 atom stereocenters. The number of benzene rings is 2. The van der Waals surface area contributed by atoms with Gasteiger partial charge in [0.25, 0.3) is 0 Å². The van der Waals surface area contributed by atoms with Gasteiger partial charge in [0.1, 0.15) is 11.4 Å². The van der Waals surface area contributed by atoms with Crippen LogP contribution in [-0.2, 0) is 16.0 Å². The van der Waals surface area contributed by atoms with E-state index >= 15 is 0 Å². The van der Waals surface area contributed by atoms with Crippen LogP contribution in [0.15, 0.2) is 40.9 Å². The van der Waals surface area contributed by atoms with E-state index in [1.165, 1.54) is 30.1 Å². The number of amides is 2. The van der Waals surface area contributed by atoms with Crippen LogP contribution in [0.2, 0.25) is 0 Å². The molecule has 2 amide bonds. The second kappa shape index (κ2) is 10.8. The summed E-state index contributed by atoms with van der Waals surface area (Å²) in [6.45, 7) is 9.45. The minimum Gasteiger partial charge on any atom is -0.449 e. The molecule has 6 nitrogen and oxygen atoms in total. The van der Waals surface area contributed by atoms with Gasteiger partial charge in [0.2, 0.25) is 0 Å². The Kier molecular flexibility index (Phi) is 8.66. The maximum absolute atomic E-state index is 14.3. The highest BCUT2D eigenvalue weighted by atomic mass is 79.9. The second-order valence-electron chi connectivity index (χ2n) is 8.77.